The molecule has 1 unspecified atom stereocenters. The highest BCUT2D eigenvalue weighted by molar-refractivity contribution is 6.84. The van der Waals surface area contributed by atoms with Gasteiger partial charge in [0.1, 0.15) is 6.23 Å². The molecule has 164 valence electrons. The molecule has 0 aliphatic rings. The molecule has 0 bridgehead atoms. The van der Waals surface area contributed by atoms with Gasteiger partial charge < -0.3 is 13.6 Å². The fourth-order valence-electron chi connectivity index (χ4n) is 1.94. The molecule has 0 amide bonds. The van der Waals surface area contributed by atoms with Gasteiger partial charge in [-0.25, -0.2) is 0 Å². The normalized spacial score (nSPS) is 11.4. The molecule has 0 N–H and O–H groups in total. The van der Waals surface area contributed by atoms with Gasteiger partial charge in [0.15, 0.2) is 16.6 Å². The van der Waals surface area contributed by atoms with Crippen LogP contribution in [0.3, 0.4) is 0 Å². The molecule has 0 aromatic heterocycles. The largest absolute Gasteiger partial charge is 0.454 e. The predicted molar refractivity (Wildman–Crippen MR) is 127 cm³/mol. The Morgan fingerprint density at radius 1 is 0.880 bits per heavy atom. The highest BCUT2D eigenvalue weighted by Crippen LogP contribution is 2.14. The van der Waals surface area contributed by atoms with E-state index in [1.165, 1.54) is 0 Å². The summed E-state index contributed by atoms with van der Waals surface area (Å²) < 4.78 is 17.6. The molecule has 0 aliphatic heterocycles. The average molecular weight is 404 g/mol. The molecule has 0 aromatic carbocycles. The molecule has 6 heteroatoms. The first-order valence-electron chi connectivity index (χ1n) is 7.17. The van der Waals surface area contributed by atoms with E-state index >= 15 is 0 Å². The lowest BCUT2D eigenvalue weighted by Gasteiger charge is -2.31. The summed E-state index contributed by atoms with van der Waals surface area (Å²) in [7, 11) is -1.05. The summed E-state index contributed by atoms with van der Waals surface area (Å²) >= 11 is 0. The number of ether oxygens (including phenoxy) is 2. The third kappa shape index (κ3) is 26.6. The van der Waals surface area contributed by atoms with Crippen LogP contribution in [0.2, 0.25) is 32.7 Å². The first-order chi connectivity index (χ1) is 8.57. The smallest absolute Gasteiger partial charge is 0.199 e. The van der Waals surface area contributed by atoms with Gasteiger partial charge in [-0.15, -0.1) is 0 Å². The van der Waals surface area contributed by atoms with Gasteiger partial charge in [-0.1, -0.05) is 44.6 Å². The summed E-state index contributed by atoms with van der Waals surface area (Å²) in [6, 6.07) is 0. The lowest BCUT2D eigenvalue weighted by Crippen LogP contribution is -2.46. The quantitative estimate of drug-likeness (QED) is 0.230. The minimum Gasteiger partial charge on any atom is -0.454 e. The Hall–Kier alpha value is 0.274. The van der Waals surface area contributed by atoms with Crippen LogP contribution in [-0.2, 0) is 13.6 Å². The third-order valence-electron chi connectivity index (χ3n) is 2.65. The number of nitrogens with zero attached hydrogens (tertiary/aromatic N) is 1. The van der Waals surface area contributed by atoms with Gasteiger partial charge in [0.05, 0.1) is 12.8 Å². The van der Waals surface area contributed by atoms with Crippen molar-refractivity contribution in [3.8, 4) is 0 Å². The number of hydrogen-bond donors (Lipinski definition) is 0. The van der Waals surface area contributed by atoms with Crippen LogP contribution >= 0.6 is 0 Å². The predicted octanol–water partition coefficient (Wildman–Crippen LogP) is 6.73. The van der Waals surface area contributed by atoms with Crippen molar-refractivity contribution < 1.29 is 13.6 Å². The van der Waals surface area contributed by atoms with Crippen LogP contribution in [0.1, 0.15) is 58.4 Å². The van der Waals surface area contributed by atoms with Crippen molar-refractivity contribution in [2.24, 2.45) is 0 Å². The van der Waals surface area contributed by atoms with Gasteiger partial charge >= 0.3 is 0 Å². The van der Waals surface area contributed by atoms with Crippen molar-refractivity contribution >= 4 is 16.6 Å². The van der Waals surface area contributed by atoms with Crippen LogP contribution < -0.4 is 0 Å². The summed E-state index contributed by atoms with van der Waals surface area (Å²) in [6.07, 6.45) is 0.922. The zero-order chi connectivity index (χ0) is 15.1. The van der Waals surface area contributed by atoms with E-state index in [1.807, 2.05) is 6.92 Å². The van der Waals surface area contributed by atoms with E-state index in [1.54, 1.807) is 0 Å². The average Bonchev–Trinajstić information content (AvgIpc) is 2.21. The number of likely N-dealkylation sites (N-methyl/N-ethyl adjacent to an activating group) is 1. The van der Waals surface area contributed by atoms with Crippen molar-refractivity contribution in [1.29, 1.82) is 0 Å². The van der Waals surface area contributed by atoms with Crippen molar-refractivity contribution in [1.82, 2.24) is 4.90 Å². The maximum atomic E-state index is 6.23. The van der Waals surface area contributed by atoms with Crippen LogP contribution in [0.15, 0.2) is 0 Å². The van der Waals surface area contributed by atoms with E-state index in [4.69, 9.17) is 13.6 Å². The standard InChI is InChI=1S/C13H33NO3Si2.6CH4/c1-9-16-13(2)14(3)10-11-15-12-19(7,8)17-18(4,5)6;;;;;;/h13H,9-12H2,1-8H3;6*1H4. The van der Waals surface area contributed by atoms with Crippen LogP contribution in [-0.4, -0.2) is 60.8 Å². The molecular formula is C19H57NO3Si2. The van der Waals surface area contributed by atoms with Crippen LogP contribution in [0.5, 0.6) is 0 Å². The van der Waals surface area contributed by atoms with E-state index in [0.29, 0.717) is 0 Å². The Morgan fingerprint density at radius 3 is 1.68 bits per heavy atom. The lowest BCUT2D eigenvalue weighted by atomic mass is 10.5. The summed E-state index contributed by atoms with van der Waals surface area (Å²) in [5.41, 5.74) is 0. The summed E-state index contributed by atoms with van der Waals surface area (Å²) in [5, 5.41) is 0. The first kappa shape index (κ1) is 44.6. The molecule has 1 atom stereocenters. The molecular weight excluding hydrogens is 346 g/mol. The van der Waals surface area contributed by atoms with Gasteiger partial charge in [0.25, 0.3) is 0 Å². The highest BCUT2D eigenvalue weighted by Gasteiger charge is 2.29. The molecule has 0 rings (SSSR count). The molecule has 0 aromatic rings. The topological polar surface area (TPSA) is 30.9 Å². The van der Waals surface area contributed by atoms with Crippen molar-refractivity contribution in [2.45, 2.75) is 97.4 Å². The fraction of sp³-hybridized carbons (Fsp3) is 1.00. The molecule has 0 saturated carbocycles. The van der Waals surface area contributed by atoms with E-state index in [0.717, 1.165) is 26.0 Å². The number of rotatable bonds is 10. The maximum Gasteiger partial charge on any atom is 0.199 e. The van der Waals surface area contributed by atoms with Crippen LogP contribution in [0.4, 0.5) is 0 Å². The maximum absolute atomic E-state index is 6.23. The number of hydrogen-bond acceptors (Lipinski definition) is 4. The summed E-state index contributed by atoms with van der Waals surface area (Å²) in [6.45, 7) is 17.6. The van der Waals surface area contributed by atoms with Gasteiger partial charge in [0, 0.05) is 13.2 Å². The fourth-order valence-corrected chi connectivity index (χ4v) is 9.44. The molecule has 0 aliphatic carbocycles. The van der Waals surface area contributed by atoms with Gasteiger partial charge in [0.2, 0.25) is 0 Å². The Labute approximate surface area is 165 Å². The second-order valence-electron chi connectivity index (χ2n) is 6.56. The second-order valence-corrected chi connectivity index (χ2v) is 15.4. The van der Waals surface area contributed by atoms with E-state index in [9.17, 15) is 0 Å². The molecule has 25 heavy (non-hydrogen) atoms. The first-order valence-corrected chi connectivity index (χ1v) is 13.7. The van der Waals surface area contributed by atoms with Crippen molar-refractivity contribution in [3.63, 3.8) is 0 Å². The van der Waals surface area contributed by atoms with Crippen LogP contribution in [0, 0.1) is 0 Å². The van der Waals surface area contributed by atoms with Crippen molar-refractivity contribution in [2.75, 3.05) is 33.0 Å². The third-order valence-corrected chi connectivity index (χ3v) is 8.21. The second kappa shape index (κ2) is 20.6. The highest BCUT2D eigenvalue weighted by atomic mass is 28.4. The van der Waals surface area contributed by atoms with Gasteiger partial charge in [-0.3, -0.25) is 4.90 Å². The molecule has 0 heterocycles. The minimum absolute atomic E-state index is 0. The van der Waals surface area contributed by atoms with Crippen LogP contribution in [0.25, 0.3) is 0 Å². The minimum atomic E-state index is -1.66. The Bertz CT molecular complexity index is 247. The molecule has 0 saturated heterocycles. The summed E-state index contributed by atoms with van der Waals surface area (Å²) in [4.78, 5) is 2.16. The van der Waals surface area contributed by atoms with E-state index in [2.05, 4.69) is 51.6 Å². The molecule has 0 fully saturated rings. The van der Waals surface area contributed by atoms with Crippen molar-refractivity contribution in [3.05, 3.63) is 0 Å². The monoisotopic (exact) mass is 403 g/mol. The molecule has 0 radical (unpaired) electrons. The SMILES string of the molecule is C.C.C.C.C.C.CCOC(C)N(C)CCOC[Si](C)(C)O[Si](C)(C)C. The van der Waals surface area contributed by atoms with E-state index < -0.39 is 16.6 Å². The Kier molecular flexibility index (Phi) is 36.7. The zero-order valence-corrected chi connectivity index (χ0v) is 16.1. The lowest BCUT2D eigenvalue weighted by molar-refractivity contribution is -0.0376. The van der Waals surface area contributed by atoms with Gasteiger partial charge in [-0.05, 0) is 53.6 Å². The zero-order valence-electron chi connectivity index (χ0n) is 14.1. The molecule has 0 spiro atoms. The van der Waals surface area contributed by atoms with E-state index in [-0.39, 0.29) is 50.8 Å². The Morgan fingerprint density at radius 2 is 1.32 bits per heavy atom. The Balaban J connectivity index is -0.000000108. The molecule has 4 nitrogen and oxygen atoms in total. The summed E-state index contributed by atoms with van der Waals surface area (Å²) in [5.74, 6) is 0. The van der Waals surface area contributed by atoms with Gasteiger partial charge in [-0.2, -0.15) is 0 Å².